The highest BCUT2D eigenvalue weighted by Crippen LogP contribution is 2.26. The van der Waals surface area contributed by atoms with Gasteiger partial charge < -0.3 is 24.5 Å². The lowest BCUT2D eigenvalue weighted by Crippen LogP contribution is -2.39. The van der Waals surface area contributed by atoms with E-state index in [1.54, 1.807) is 20.8 Å². The van der Waals surface area contributed by atoms with Crippen molar-refractivity contribution in [3.05, 3.63) is 29.8 Å². The highest BCUT2D eigenvalue weighted by Gasteiger charge is 2.23. The standard InChI is InChI=1S/C17H24N2O4/c1-17(2,3)23-16(21)18-14(12-20)13-6-4-5-7-15(13)19-8-10-22-11-9-19/h4-7,12,14H,8-11H2,1-3H3,(H,18,21). The fourth-order valence-corrected chi connectivity index (χ4v) is 2.46. The smallest absolute Gasteiger partial charge is 0.408 e. The van der Waals surface area contributed by atoms with Gasteiger partial charge in [-0.3, -0.25) is 0 Å². The lowest BCUT2D eigenvalue weighted by atomic mass is 10.0. The third kappa shape index (κ3) is 4.96. The van der Waals surface area contributed by atoms with E-state index in [-0.39, 0.29) is 0 Å². The normalized spacial score (nSPS) is 16.6. The maximum atomic E-state index is 12.0. The number of morpholine rings is 1. The van der Waals surface area contributed by atoms with Crippen LogP contribution in [0.3, 0.4) is 0 Å². The van der Waals surface area contributed by atoms with Gasteiger partial charge in [-0.1, -0.05) is 18.2 Å². The van der Waals surface area contributed by atoms with Crippen molar-refractivity contribution < 1.29 is 19.1 Å². The molecule has 1 aliphatic rings. The van der Waals surface area contributed by atoms with Crippen LogP contribution in [0.15, 0.2) is 24.3 Å². The second-order valence-electron chi connectivity index (χ2n) is 6.42. The summed E-state index contributed by atoms with van der Waals surface area (Å²) in [7, 11) is 0. The van der Waals surface area contributed by atoms with E-state index >= 15 is 0 Å². The first-order valence-electron chi connectivity index (χ1n) is 7.77. The van der Waals surface area contributed by atoms with E-state index in [0.29, 0.717) is 13.2 Å². The minimum Gasteiger partial charge on any atom is -0.444 e. The van der Waals surface area contributed by atoms with Crippen LogP contribution in [0.2, 0.25) is 0 Å². The topological polar surface area (TPSA) is 67.9 Å². The molecule has 0 radical (unpaired) electrons. The van der Waals surface area contributed by atoms with Gasteiger partial charge in [-0.25, -0.2) is 4.79 Å². The monoisotopic (exact) mass is 320 g/mol. The summed E-state index contributed by atoms with van der Waals surface area (Å²) in [6, 6.07) is 6.83. The summed E-state index contributed by atoms with van der Waals surface area (Å²) >= 11 is 0. The quantitative estimate of drug-likeness (QED) is 0.862. The summed E-state index contributed by atoms with van der Waals surface area (Å²) in [4.78, 5) is 25.6. The number of hydrogen-bond donors (Lipinski definition) is 1. The number of nitrogens with one attached hydrogen (secondary N) is 1. The fourth-order valence-electron chi connectivity index (χ4n) is 2.46. The van der Waals surface area contributed by atoms with Crippen LogP contribution in [0.1, 0.15) is 32.4 Å². The molecule has 1 aromatic rings. The predicted molar refractivity (Wildman–Crippen MR) is 87.6 cm³/mol. The number of aldehydes is 1. The number of nitrogens with zero attached hydrogens (tertiary/aromatic N) is 1. The number of para-hydroxylation sites is 1. The molecule has 1 unspecified atom stereocenters. The Kier molecular flexibility index (Phi) is 5.60. The first-order chi connectivity index (χ1) is 10.9. The molecule has 1 heterocycles. The van der Waals surface area contributed by atoms with E-state index in [2.05, 4.69) is 10.2 Å². The maximum absolute atomic E-state index is 12.0. The first-order valence-corrected chi connectivity index (χ1v) is 7.77. The van der Waals surface area contributed by atoms with E-state index in [9.17, 15) is 9.59 Å². The summed E-state index contributed by atoms with van der Waals surface area (Å²) in [5, 5.41) is 2.63. The zero-order chi connectivity index (χ0) is 16.9. The molecule has 1 amide bonds. The second-order valence-corrected chi connectivity index (χ2v) is 6.42. The summed E-state index contributed by atoms with van der Waals surface area (Å²) in [5.41, 5.74) is 1.08. The summed E-state index contributed by atoms with van der Waals surface area (Å²) < 4.78 is 10.6. The average molecular weight is 320 g/mol. The number of alkyl carbamates (subject to hydrolysis) is 1. The molecule has 1 atom stereocenters. The van der Waals surface area contributed by atoms with Crippen LogP contribution >= 0.6 is 0 Å². The molecule has 2 rings (SSSR count). The molecule has 6 nitrogen and oxygen atoms in total. The molecule has 126 valence electrons. The van der Waals surface area contributed by atoms with Crippen molar-refractivity contribution in [3.63, 3.8) is 0 Å². The van der Waals surface area contributed by atoms with Crippen molar-refractivity contribution in [1.29, 1.82) is 0 Å². The Labute approximate surface area is 136 Å². The SMILES string of the molecule is CC(C)(C)OC(=O)NC(C=O)c1ccccc1N1CCOCC1. The molecule has 0 bridgehead atoms. The lowest BCUT2D eigenvalue weighted by Gasteiger charge is -2.31. The van der Waals surface area contributed by atoms with E-state index in [4.69, 9.17) is 9.47 Å². The Hall–Kier alpha value is -2.08. The van der Waals surface area contributed by atoms with E-state index < -0.39 is 17.7 Å². The second kappa shape index (κ2) is 7.46. The Bertz CT molecular complexity index is 548. The largest absolute Gasteiger partial charge is 0.444 e. The Morgan fingerprint density at radius 1 is 1.30 bits per heavy atom. The molecule has 1 saturated heterocycles. The molecule has 23 heavy (non-hydrogen) atoms. The summed E-state index contributed by atoms with van der Waals surface area (Å²) in [6.45, 7) is 8.17. The van der Waals surface area contributed by atoms with Crippen LogP contribution in [0.4, 0.5) is 10.5 Å². The van der Waals surface area contributed by atoms with Gasteiger partial charge in [0.1, 0.15) is 17.9 Å². The van der Waals surface area contributed by atoms with Gasteiger partial charge in [-0.05, 0) is 26.8 Å². The van der Waals surface area contributed by atoms with Crippen molar-refractivity contribution >= 4 is 18.1 Å². The third-order valence-electron chi connectivity index (χ3n) is 3.43. The highest BCUT2D eigenvalue weighted by molar-refractivity contribution is 5.77. The van der Waals surface area contributed by atoms with Gasteiger partial charge in [0, 0.05) is 24.3 Å². The van der Waals surface area contributed by atoms with Crippen molar-refractivity contribution in [3.8, 4) is 0 Å². The average Bonchev–Trinajstić information content (AvgIpc) is 2.52. The van der Waals surface area contributed by atoms with E-state index in [0.717, 1.165) is 30.6 Å². The Balaban J connectivity index is 2.17. The number of anilines is 1. The number of benzene rings is 1. The van der Waals surface area contributed by atoms with Gasteiger partial charge in [-0.15, -0.1) is 0 Å². The van der Waals surface area contributed by atoms with Crippen molar-refractivity contribution in [2.45, 2.75) is 32.4 Å². The predicted octanol–water partition coefficient (Wildman–Crippen LogP) is 2.29. The van der Waals surface area contributed by atoms with Crippen LogP contribution in [-0.2, 0) is 14.3 Å². The van der Waals surface area contributed by atoms with Crippen LogP contribution in [0.5, 0.6) is 0 Å². The number of rotatable bonds is 4. The molecule has 1 fully saturated rings. The van der Waals surface area contributed by atoms with Gasteiger partial charge in [-0.2, -0.15) is 0 Å². The molecule has 1 N–H and O–H groups in total. The van der Waals surface area contributed by atoms with Crippen molar-refractivity contribution in [2.24, 2.45) is 0 Å². The van der Waals surface area contributed by atoms with Crippen LogP contribution in [0.25, 0.3) is 0 Å². The van der Waals surface area contributed by atoms with Crippen LogP contribution < -0.4 is 10.2 Å². The van der Waals surface area contributed by atoms with Crippen LogP contribution in [-0.4, -0.2) is 44.3 Å². The maximum Gasteiger partial charge on any atom is 0.408 e. The van der Waals surface area contributed by atoms with Gasteiger partial charge in [0.2, 0.25) is 0 Å². The number of hydrogen-bond acceptors (Lipinski definition) is 5. The van der Waals surface area contributed by atoms with Gasteiger partial charge >= 0.3 is 6.09 Å². The number of ether oxygens (including phenoxy) is 2. The number of carbonyl (C=O) groups is 2. The molecular weight excluding hydrogens is 296 g/mol. The highest BCUT2D eigenvalue weighted by atomic mass is 16.6. The third-order valence-corrected chi connectivity index (χ3v) is 3.43. The summed E-state index contributed by atoms with van der Waals surface area (Å²) in [5.74, 6) is 0. The molecule has 6 heteroatoms. The lowest BCUT2D eigenvalue weighted by molar-refractivity contribution is -0.109. The first kappa shape index (κ1) is 17.3. The molecular formula is C17H24N2O4. The van der Waals surface area contributed by atoms with Crippen molar-refractivity contribution in [2.75, 3.05) is 31.2 Å². The van der Waals surface area contributed by atoms with E-state index in [1.165, 1.54) is 0 Å². The molecule has 1 aliphatic heterocycles. The fraction of sp³-hybridized carbons (Fsp3) is 0.529. The molecule has 1 aromatic carbocycles. The minimum atomic E-state index is -0.746. The van der Waals surface area contributed by atoms with E-state index in [1.807, 2.05) is 24.3 Å². The zero-order valence-electron chi connectivity index (χ0n) is 13.9. The molecule has 0 saturated carbocycles. The molecule has 0 spiro atoms. The molecule has 0 aliphatic carbocycles. The number of carbonyl (C=O) groups excluding carboxylic acids is 2. The Morgan fingerprint density at radius 3 is 2.57 bits per heavy atom. The Morgan fingerprint density at radius 2 is 1.96 bits per heavy atom. The van der Waals surface area contributed by atoms with Crippen molar-refractivity contribution in [1.82, 2.24) is 5.32 Å². The number of amides is 1. The van der Waals surface area contributed by atoms with Crippen LogP contribution in [0, 0.1) is 0 Å². The zero-order valence-corrected chi connectivity index (χ0v) is 13.9. The summed E-state index contributed by atoms with van der Waals surface area (Å²) in [6.07, 6.45) is 0.120. The van der Waals surface area contributed by atoms with Gasteiger partial charge in [0.25, 0.3) is 0 Å². The van der Waals surface area contributed by atoms with Gasteiger partial charge in [0.15, 0.2) is 0 Å². The van der Waals surface area contributed by atoms with Gasteiger partial charge in [0.05, 0.1) is 13.2 Å². The minimum absolute atomic E-state index is 0.605. The molecule has 0 aromatic heterocycles.